The summed E-state index contributed by atoms with van der Waals surface area (Å²) < 4.78 is 0. The third kappa shape index (κ3) is 5.83. The van der Waals surface area contributed by atoms with Gasteiger partial charge < -0.3 is 15.5 Å². The molecule has 22 heavy (non-hydrogen) atoms. The van der Waals surface area contributed by atoms with Crippen molar-refractivity contribution in [3.05, 3.63) is 41.0 Å². The Morgan fingerprint density at radius 2 is 1.91 bits per heavy atom. The first-order chi connectivity index (χ1) is 10.6. The van der Waals surface area contributed by atoms with E-state index in [2.05, 4.69) is 44.8 Å². The summed E-state index contributed by atoms with van der Waals surface area (Å²) >= 11 is 5.87. The van der Waals surface area contributed by atoms with Crippen LogP contribution in [0.25, 0.3) is 0 Å². The number of rotatable bonds is 8. The molecule has 0 fully saturated rings. The number of nitrogens with one attached hydrogen (secondary N) is 2. The fourth-order valence-electron chi connectivity index (χ4n) is 1.85. The maximum atomic E-state index is 5.87. The molecule has 118 valence electrons. The standard InChI is InChI=1S/C15H21ClN6/c1-22(2)9-3-8-17-15-20-14(11-19-21-15)18-10-12-4-6-13(16)7-5-12/h4-7,11H,3,8-10H2,1-2H3,(H2,17,18,20,21). The van der Waals surface area contributed by atoms with Gasteiger partial charge in [-0.2, -0.15) is 10.1 Å². The minimum absolute atomic E-state index is 0.542. The normalized spacial score (nSPS) is 10.7. The Morgan fingerprint density at radius 3 is 2.64 bits per heavy atom. The van der Waals surface area contributed by atoms with Crippen LogP contribution in [-0.4, -0.2) is 47.3 Å². The summed E-state index contributed by atoms with van der Waals surface area (Å²) in [4.78, 5) is 6.53. The van der Waals surface area contributed by atoms with E-state index in [0.717, 1.165) is 30.1 Å². The Bertz CT molecular complexity index is 573. The molecule has 0 aliphatic rings. The number of nitrogens with zero attached hydrogens (tertiary/aromatic N) is 4. The summed E-state index contributed by atoms with van der Waals surface area (Å²) in [6.45, 7) is 2.51. The number of benzene rings is 1. The smallest absolute Gasteiger partial charge is 0.244 e. The predicted octanol–water partition coefficient (Wildman–Crippen LogP) is 2.50. The van der Waals surface area contributed by atoms with E-state index in [1.165, 1.54) is 0 Å². The molecule has 2 aromatic rings. The second-order valence-corrected chi connectivity index (χ2v) is 5.67. The first kappa shape index (κ1) is 16.5. The third-order valence-electron chi connectivity index (χ3n) is 3.01. The molecular formula is C15H21ClN6. The van der Waals surface area contributed by atoms with Crippen LogP contribution in [0.5, 0.6) is 0 Å². The third-order valence-corrected chi connectivity index (χ3v) is 3.26. The lowest BCUT2D eigenvalue weighted by Crippen LogP contribution is -2.17. The zero-order valence-electron chi connectivity index (χ0n) is 12.9. The van der Waals surface area contributed by atoms with Crippen LogP contribution in [0.3, 0.4) is 0 Å². The summed E-state index contributed by atoms with van der Waals surface area (Å²) in [6, 6.07) is 7.69. The molecule has 2 N–H and O–H groups in total. The summed E-state index contributed by atoms with van der Waals surface area (Å²) in [7, 11) is 4.11. The van der Waals surface area contributed by atoms with Crippen LogP contribution < -0.4 is 10.6 Å². The van der Waals surface area contributed by atoms with Gasteiger partial charge in [0.05, 0.1) is 6.20 Å². The Hall–Kier alpha value is -1.92. The summed E-state index contributed by atoms with van der Waals surface area (Å²) in [5.74, 6) is 1.24. The van der Waals surface area contributed by atoms with Gasteiger partial charge >= 0.3 is 0 Å². The Labute approximate surface area is 135 Å². The van der Waals surface area contributed by atoms with E-state index < -0.39 is 0 Å². The van der Waals surface area contributed by atoms with Gasteiger partial charge in [-0.15, -0.1) is 5.10 Å². The van der Waals surface area contributed by atoms with Gasteiger partial charge in [-0.05, 0) is 44.8 Å². The number of hydrogen-bond donors (Lipinski definition) is 2. The van der Waals surface area contributed by atoms with Crippen LogP contribution in [0, 0.1) is 0 Å². The van der Waals surface area contributed by atoms with Gasteiger partial charge in [0.2, 0.25) is 5.95 Å². The lowest BCUT2D eigenvalue weighted by atomic mass is 10.2. The van der Waals surface area contributed by atoms with Gasteiger partial charge in [0.15, 0.2) is 5.82 Å². The summed E-state index contributed by atoms with van der Waals surface area (Å²) in [5, 5.41) is 15.1. The molecule has 7 heteroatoms. The van der Waals surface area contributed by atoms with Crippen LogP contribution in [0.15, 0.2) is 30.5 Å². The average molecular weight is 321 g/mol. The molecular weight excluding hydrogens is 300 g/mol. The molecule has 0 unspecified atom stereocenters. The topological polar surface area (TPSA) is 66.0 Å². The lowest BCUT2D eigenvalue weighted by molar-refractivity contribution is 0.405. The SMILES string of the molecule is CN(C)CCCNc1nncc(NCc2ccc(Cl)cc2)n1. The highest BCUT2D eigenvalue weighted by Crippen LogP contribution is 2.11. The van der Waals surface area contributed by atoms with Gasteiger partial charge in [-0.1, -0.05) is 23.7 Å². The van der Waals surface area contributed by atoms with Gasteiger partial charge in [-0.3, -0.25) is 0 Å². The van der Waals surface area contributed by atoms with Gasteiger partial charge in [0.1, 0.15) is 0 Å². The molecule has 6 nitrogen and oxygen atoms in total. The molecule has 1 aromatic carbocycles. The molecule has 0 saturated carbocycles. The van der Waals surface area contributed by atoms with E-state index >= 15 is 0 Å². The molecule has 0 aliphatic carbocycles. The minimum atomic E-state index is 0.542. The highest BCUT2D eigenvalue weighted by atomic mass is 35.5. The van der Waals surface area contributed by atoms with Crippen molar-refractivity contribution in [3.8, 4) is 0 Å². The van der Waals surface area contributed by atoms with Gasteiger partial charge in [0.25, 0.3) is 0 Å². The van der Waals surface area contributed by atoms with E-state index in [-0.39, 0.29) is 0 Å². The average Bonchev–Trinajstić information content (AvgIpc) is 2.51. The van der Waals surface area contributed by atoms with Crippen LogP contribution >= 0.6 is 11.6 Å². The van der Waals surface area contributed by atoms with Crippen LogP contribution in [0.1, 0.15) is 12.0 Å². The van der Waals surface area contributed by atoms with E-state index in [1.54, 1.807) is 6.20 Å². The van der Waals surface area contributed by atoms with Crippen molar-refractivity contribution in [2.45, 2.75) is 13.0 Å². The largest absolute Gasteiger partial charge is 0.365 e. The second kappa shape index (κ2) is 8.51. The van der Waals surface area contributed by atoms with Crippen molar-refractivity contribution in [1.82, 2.24) is 20.1 Å². The molecule has 0 spiro atoms. The van der Waals surface area contributed by atoms with Crippen LogP contribution in [0.2, 0.25) is 5.02 Å². The zero-order chi connectivity index (χ0) is 15.8. The van der Waals surface area contributed by atoms with Crippen molar-refractivity contribution in [2.24, 2.45) is 0 Å². The molecule has 0 bridgehead atoms. The molecule has 0 saturated heterocycles. The minimum Gasteiger partial charge on any atom is -0.365 e. The highest BCUT2D eigenvalue weighted by molar-refractivity contribution is 6.30. The number of anilines is 2. The van der Waals surface area contributed by atoms with Crippen LogP contribution in [-0.2, 0) is 6.54 Å². The molecule has 0 atom stereocenters. The van der Waals surface area contributed by atoms with E-state index in [0.29, 0.717) is 18.3 Å². The Morgan fingerprint density at radius 1 is 1.14 bits per heavy atom. The molecule has 0 aliphatic heterocycles. The quantitative estimate of drug-likeness (QED) is 0.729. The molecule has 0 amide bonds. The molecule has 2 rings (SSSR count). The molecule has 0 radical (unpaired) electrons. The Kier molecular flexibility index (Phi) is 6.36. The van der Waals surface area contributed by atoms with Crippen molar-refractivity contribution in [1.29, 1.82) is 0 Å². The number of hydrogen-bond acceptors (Lipinski definition) is 6. The number of aromatic nitrogens is 3. The second-order valence-electron chi connectivity index (χ2n) is 5.23. The van der Waals surface area contributed by atoms with Crippen molar-refractivity contribution in [2.75, 3.05) is 37.8 Å². The summed E-state index contributed by atoms with van der Waals surface area (Å²) in [5.41, 5.74) is 1.13. The first-order valence-electron chi connectivity index (χ1n) is 7.20. The van der Waals surface area contributed by atoms with E-state index in [9.17, 15) is 0 Å². The van der Waals surface area contributed by atoms with Crippen molar-refractivity contribution >= 4 is 23.4 Å². The zero-order valence-corrected chi connectivity index (χ0v) is 13.6. The summed E-state index contributed by atoms with van der Waals surface area (Å²) in [6.07, 6.45) is 2.64. The van der Waals surface area contributed by atoms with Crippen molar-refractivity contribution in [3.63, 3.8) is 0 Å². The first-order valence-corrected chi connectivity index (χ1v) is 7.58. The predicted molar refractivity (Wildman–Crippen MR) is 90.3 cm³/mol. The lowest BCUT2D eigenvalue weighted by Gasteiger charge is -2.10. The van der Waals surface area contributed by atoms with Crippen molar-refractivity contribution < 1.29 is 0 Å². The van der Waals surface area contributed by atoms with E-state index in [4.69, 9.17) is 11.6 Å². The molecule has 1 aromatic heterocycles. The maximum Gasteiger partial charge on any atom is 0.244 e. The number of halogens is 1. The van der Waals surface area contributed by atoms with Gasteiger partial charge in [-0.25, -0.2) is 0 Å². The highest BCUT2D eigenvalue weighted by Gasteiger charge is 2.01. The fourth-order valence-corrected chi connectivity index (χ4v) is 1.98. The maximum absolute atomic E-state index is 5.87. The van der Waals surface area contributed by atoms with E-state index in [1.807, 2.05) is 24.3 Å². The van der Waals surface area contributed by atoms with Crippen LogP contribution in [0.4, 0.5) is 11.8 Å². The fraction of sp³-hybridized carbons (Fsp3) is 0.400. The molecule has 1 heterocycles. The van der Waals surface area contributed by atoms with Gasteiger partial charge in [0, 0.05) is 18.1 Å². The monoisotopic (exact) mass is 320 g/mol. The Balaban J connectivity index is 1.81.